The van der Waals surface area contributed by atoms with Crippen LogP contribution in [-0.2, 0) is 6.54 Å². The van der Waals surface area contributed by atoms with Crippen LogP contribution in [-0.4, -0.2) is 41.4 Å². The molecule has 0 bridgehead atoms. The molecule has 2 heterocycles. The summed E-state index contributed by atoms with van der Waals surface area (Å²) in [7, 11) is 2.12. The maximum absolute atomic E-state index is 11.0. The van der Waals surface area contributed by atoms with E-state index < -0.39 is 0 Å². The SMILES string of the molecule is Cc1ccc(CN2CC[C@H](CN(C)[C@@H](C)c3cccc([N+](=O)[O-])c3)C2)s1. The zero-order valence-electron chi connectivity index (χ0n) is 15.7. The molecular weight excluding hydrogens is 346 g/mol. The Labute approximate surface area is 159 Å². The molecule has 0 unspecified atom stereocenters. The lowest BCUT2D eigenvalue weighted by Gasteiger charge is -2.27. The molecule has 1 aliphatic rings. The number of nitro benzene ring substituents is 1. The quantitative estimate of drug-likeness (QED) is 0.530. The topological polar surface area (TPSA) is 49.6 Å². The van der Waals surface area contributed by atoms with Crippen LogP contribution < -0.4 is 0 Å². The highest BCUT2D eigenvalue weighted by Gasteiger charge is 2.25. The van der Waals surface area contributed by atoms with Crippen molar-refractivity contribution in [3.05, 3.63) is 61.8 Å². The molecule has 1 aliphatic heterocycles. The molecule has 1 aromatic heterocycles. The zero-order valence-corrected chi connectivity index (χ0v) is 16.5. The standard InChI is InChI=1S/C20H27N3O2S/c1-15-7-8-20(26-15)14-22-10-9-17(13-22)12-21(3)16(2)18-5-4-6-19(11-18)23(24)25/h4-8,11,16-17H,9-10,12-14H2,1-3H3/t16-,17+/m0/s1. The number of non-ortho nitro benzene ring substituents is 1. The average Bonchev–Trinajstić information content (AvgIpc) is 3.23. The molecule has 0 spiro atoms. The Morgan fingerprint density at radius 3 is 2.88 bits per heavy atom. The highest BCUT2D eigenvalue weighted by molar-refractivity contribution is 7.11. The predicted octanol–water partition coefficient (Wildman–Crippen LogP) is 4.48. The van der Waals surface area contributed by atoms with Gasteiger partial charge in [-0.15, -0.1) is 11.3 Å². The minimum Gasteiger partial charge on any atom is -0.299 e. The molecule has 0 aliphatic carbocycles. The number of nitro groups is 1. The molecule has 0 N–H and O–H groups in total. The maximum atomic E-state index is 11.0. The van der Waals surface area contributed by atoms with E-state index in [1.807, 2.05) is 17.4 Å². The molecule has 0 saturated carbocycles. The van der Waals surface area contributed by atoms with Crippen LogP contribution in [0.15, 0.2) is 36.4 Å². The second kappa shape index (κ2) is 8.29. The number of rotatable bonds is 7. The van der Waals surface area contributed by atoms with E-state index in [0.717, 1.165) is 31.7 Å². The normalized spacial score (nSPS) is 19.2. The van der Waals surface area contributed by atoms with Crippen molar-refractivity contribution in [1.82, 2.24) is 9.80 Å². The fourth-order valence-corrected chi connectivity index (χ4v) is 4.65. The van der Waals surface area contributed by atoms with Crippen molar-refractivity contribution >= 4 is 17.0 Å². The molecule has 1 aromatic carbocycles. The molecule has 3 rings (SSSR count). The van der Waals surface area contributed by atoms with Gasteiger partial charge in [0.25, 0.3) is 5.69 Å². The Balaban J connectivity index is 1.54. The first-order valence-corrected chi connectivity index (χ1v) is 9.96. The van der Waals surface area contributed by atoms with Crippen LogP contribution >= 0.6 is 11.3 Å². The monoisotopic (exact) mass is 373 g/mol. The van der Waals surface area contributed by atoms with Gasteiger partial charge in [-0.2, -0.15) is 0 Å². The van der Waals surface area contributed by atoms with Gasteiger partial charge < -0.3 is 0 Å². The van der Waals surface area contributed by atoms with Gasteiger partial charge in [0.15, 0.2) is 0 Å². The Morgan fingerprint density at radius 1 is 1.38 bits per heavy atom. The van der Waals surface area contributed by atoms with Gasteiger partial charge in [-0.25, -0.2) is 0 Å². The summed E-state index contributed by atoms with van der Waals surface area (Å²) in [5.41, 5.74) is 1.17. The van der Waals surface area contributed by atoms with Crippen LogP contribution in [0.4, 0.5) is 5.69 Å². The first kappa shape index (κ1) is 19.0. The lowest BCUT2D eigenvalue weighted by Crippen LogP contribution is -2.30. The molecule has 1 fully saturated rings. The number of thiophene rings is 1. The van der Waals surface area contributed by atoms with E-state index in [4.69, 9.17) is 0 Å². The zero-order chi connectivity index (χ0) is 18.7. The Hall–Kier alpha value is -1.76. The molecule has 1 saturated heterocycles. The molecule has 2 atom stereocenters. The van der Waals surface area contributed by atoms with Crippen LogP contribution in [0.1, 0.15) is 34.7 Å². The van der Waals surface area contributed by atoms with E-state index >= 15 is 0 Å². The summed E-state index contributed by atoms with van der Waals surface area (Å²) < 4.78 is 0. The van der Waals surface area contributed by atoms with Crippen molar-refractivity contribution in [2.45, 2.75) is 32.9 Å². The summed E-state index contributed by atoms with van der Waals surface area (Å²) in [6.07, 6.45) is 1.22. The van der Waals surface area contributed by atoms with E-state index in [1.54, 1.807) is 18.2 Å². The van der Waals surface area contributed by atoms with E-state index in [0.29, 0.717) is 5.92 Å². The van der Waals surface area contributed by atoms with Crippen molar-refractivity contribution in [1.29, 1.82) is 0 Å². The van der Waals surface area contributed by atoms with Crippen molar-refractivity contribution in [2.24, 2.45) is 5.92 Å². The minimum absolute atomic E-state index is 0.168. The molecule has 5 nitrogen and oxygen atoms in total. The third-order valence-corrected chi connectivity index (χ3v) is 6.30. The number of aryl methyl sites for hydroxylation is 1. The number of hydrogen-bond acceptors (Lipinski definition) is 5. The number of benzene rings is 1. The van der Waals surface area contributed by atoms with Gasteiger partial charge in [0.05, 0.1) is 4.92 Å². The van der Waals surface area contributed by atoms with Gasteiger partial charge in [-0.1, -0.05) is 12.1 Å². The van der Waals surface area contributed by atoms with Gasteiger partial charge in [-0.05, 0) is 57.5 Å². The number of likely N-dealkylation sites (tertiary alicyclic amines) is 1. The fraction of sp³-hybridized carbons (Fsp3) is 0.500. The Kier molecular flexibility index (Phi) is 6.06. The summed E-state index contributed by atoms with van der Waals surface area (Å²) >= 11 is 1.89. The molecule has 140 valence electrons. The first-order chi connectivity index (χ1) is 12.4. The van der Waals surface area contributed by atoms with Gasteiger partial charge in [0.1, 0.15) is 0 Å². The van der Waals surface area contributed by atoms with E-state index in [-0.39, 0.29) is 16.7 Å². The third kappa shape index (κ3) is 4.69. The van der Waals surface area contributed by atoms with Crippen molar-refractivity contribution in [3.63, 3.8) is 0 Å². The van der Waals surface area contributed by atoms with Gasteiger partial charge in [0.2, 0.25) is 0 Å². The highest BCUT2D eigenvalue weighted by atomic mass is 32.1. The van der Waals surface area contributed by atoms with Gasteiger partial charge >= 0.3 is 0 Å². The van der Waals surface area contributed by atoms with Crippen LogP contribution in [0.2, 0.25) is 0 Å². The van der Waals surface area contributed by atoms with Crippen LogP contribution in [0.25, 0.3) is 0 Å². The van der Waals surface area contributed by atoms with Crippen LogP contribution in [0.3, 0.4) is 0 Å². The molecular formula is C20H27N3O2S. The van der Waals surface area contributed by atoms with E-state index in [2.05, 4.69) is 42.8 Å². The largest absolute Gasteiger partial charge is 0.299 e. The van der Waals surface area contributed by atoms with Crippen molar-refractivity contribution < 1.29 is 4.92 Å². The van der Waals surface area contributed by atoms with E-state index in [1.165, 1.54) is 16.2 Å². The molecule has 0 amide bonds. The Bertz CT molecular complexity index is 761. The lowest BCUT2D eigenvalue weighted by molar-refractivity contribution is -0.384. The molecule has 6 heteroatoms. The molecule has 26 heavy (non-hydrogen) atoms. The van der Waals surface area contributed by atoms with Gasteiger partial charge in [-0.3, -0.25) is 19.9 Å². The van der Waals surface area contributed by atoms with Crippen molar-refractivity contribution in [3.8, 4) is 0 Å². The summed E-state index contributed by atoms with van der Waals surface area (Å²) in [5, 5.41) is 11.0. The number of nitrogens with zero attached hydrogens (tertiary/aromatic N) is 3. The van der Waals surface area contributed by atoms with E-state index in [9.17, 15) is 10.1 Å². The minimum atomic E-state index is -0.322. The Morgan fingerprint density at radius 2 is 2.19 bits per heavy atom. The summed E-state index contributed by atoms with van der Waals surface area (Å²) in [6, 6.07) is 11.6. The van der Waals surface area contributed by atoms with Gasteiger partial charge in [0, 0.05) is 47.6 Å². The van der Waals surface area contributed by atoms with Crippen molar-refractivity contribution in [2.75, 3.05) is 26.7 Å². The number of hydrogen-bond donors (Lipinski definition) is 0. The third-order valence-electron chi connectivity index (χ3n) is 5.32. The first-order valence-electron chi connectivity index (χ1n) is 9.14. The molecule has 0 radical (unpaired) electrons. The summed E-state index contributed by atoms with van der Waals surface area (Å²) in [4.78, 5) is 18.4. The van der Waals surface area contributed by atoms with Crippen LogP contribution in [0.5, 0.6) is 0 Å². The van der Waals surface area contributed by atoms with Crippen LogP contribution in [0, 0.1) is 23.0 Å². The second-order valence-electron chi connectivity index (χ2n) is 7.37. The highest BCUT2D eigenvalue weighted by Crippen LogP contribution is 2.27. The lowest BCUT2D eigenvalue weighted by atomic mass is 10.0. The maximum Gasteiger partial charge on any atom is 0.269 e. The smallest absolute Gasteiger partial charge is 0.269 e. The fourth-order valence-electron chi connectivity index (χ4n) is 3.71. The summed E-state index contributed by atoms with van der Waals surface area (Å²) in [5.74, 6) is 0.655. The predicted molar refractivity (Wildman–Crippen MR) is 107 cm³/mol. The average molecular weight is 374 g/mol. The molecule has 2 aromatic rings. The second-order valence-corrected chi connectivity index (χ2v) is 8.74. The summed E-state index contributed by atoms with van der Waals surface area (Å²) in [6.45, 7) is 8.64.